The van der Waals surface area contributed by atoms with Crippen molar-refractivity contribution in [3.63, 3.8) is 0 Å². The van der Waals surface area contributed by atoms with E-state index in [-0.39, 0.29) is 0 Å². The largest absolute Gasteiger partial charge is 0.391 e. The van der Waals surface area contributed by atoms with Crippen molar-refractivity contribution in [1.82, 2.24) is 9.95 Å². The van der Waals surface area contributed by atoms with Gasteiger partial charge in [-0.25, -0.2) is 5.84 Å². The summed E-state index contributed by atoms with van der Waals surface area (Å²) in [6.07, 6.45) is 1.63. The highest BCUT2D eigenvalue weighted by Gasteiger charge is 2.04. The molecule has 0 aromatic carbocycles. The molecular formula is C2H6N4S. The summed E-state index contributed by atoms with van der Waals surface area (Å²) in [6, 6.07) is 0. The number of nitrogens with zero attached hydrogens (tertiary/aromatic N) is 1. The van der Waals surface area contributed by atoms with Crippen molar-refractivity contribution in [2.45, 2.75) is 0 Å². The van der Waals surface area contributed by atoms with Crippen LogP contribution >= 0.6 is 11.9 Å². The Hall–Kier alpha value is -0.390. The van der Waals surface area contributed by atoms with Crippen LogP contribution in [0.2, 0.25) is 0 Å². The van der Waals surface area contributed by atoms with E-state index in [2.05, 4.69) is 5.43 Å². The number of nitrogens with two attached hydrogens (primary N) is 2. The molecule has 0 spiro atoms. The average Bonchev–Trinajstić information content (AvgIpc) is 1.87. The van der Waals surface area contributed by atoms with Crippen molar-refractivity contribution >= 4 is 11.9 Å². The predicted molar refractivity (Wildman–Crippen MR) is 29.0 cm³/mol. The van der Waals surface area contributed by atoms with Crippen LogP contribution in [0.15, 0.2) is 11.2 Å². The molecule has 1 aliphatic heterocycles. The average molecular weight is 118 g/mol. The van der Waals surface area contributed by atoms with E-state index >= 15 is 0 Å². The third kappa shape index (κ3) is 0.986. The Kier molecular flexibility index (Phi) is 1.09. The van der Waals surface area contributed by atoms with Crippen molar-refractivity contribution in [1.29, 1.82) is 0 Å². The molecule has 40 valence electrons. The SMILES string of the molecule is NC1=CNN(N)S1. The lowest BCUT2D eigenvalue weighted by Crippen LogP contribution is -2.30. The third-order valence-corrected chi connectivity index (χ3v) is 1.17. The molecule has 4 nitrogen and oxygen atoms in total. The highest BCUT2D eigenvalue weighted by atomic mass is 32.2. The molecule has 0 aromatic rings. The molecule has 0 unspecified atom stereocenters. The molecule has 0 fully saturated rings. The first-order chi connectivity index (χ1) is 3.29. The highest BCUT2D eigenvalue weighted by molar-refractivity contribution is 8.00. The van der Waals surface area contributed by atoms with Crippen LogP contribution in [0.4, 0.5) is 0 Å². The van der Waals surface area contributed by atoms with Gasteiger partial charge in [0.05, 0.1) is 0 Å². The van der Waals surface area contributed by atoms with Gasteiger partial charge in [-0.15, -0.1) is 0 Å². The fourth-order valence-corrected chi connectivity index (χ4v) is 0.731. The quantitative estimate of drug-likeness (QED) is 0.284. The molecule has 7 heavy (non-hydrogen) atoms. The summed E-state index contributed by atoms with van der Waals surface area (Å²) in [5.41, 5.74) is 7.92. The minimum Gasteiger partial charge on any atom is -0.391 e. The maximum Gasteiger partial charge on any atom is 0.102 e. The Morgan fingerprint density at radius 3 is 2.71 bits per heavy atom. The van der Waals surface area contributed by atoms with Gasteiger partial charge in [0.1, 0.15) is 5.03 Å². The molecule has 1 heterocycles. The van der Waals surface area contributed by atoms with Crippen LogP contribution in [0.5, 0.6) is 0 Å². The van der Waals surface area contributed by atoms with E-state index in [1.807, 2.05) is 0 Å². The molecule has 5 heteroatoms. The molecule has 1 rings (SSSR count). The predicted octanol–water partition coefficient (Wildman–Crippen LogP) is -0.914. The molecule has 1 aliphatic rings. The van der Waals surface area contributed by atoms with E-state index in [4.69, 9.17) is 11.6 Å². The smallest absolute Gasteiger partial charge is 0.102 e. The maximum atomic E-state index is 5.27. The highest BCUT2D eigenvalue weighted by Crippen LogP contribution is 2.13. The number of nitrogens with one attached hydrogen (secondary N) is 1. The fourth-order valence-electron chi connectivity index (χ4n) is 0.294. The summed E-state index contributed by atoms with van der Waals surface area (Å²) >= 11 is 1.26. The van der Waals surface area contributed by atoms with Gasteiger partial charge >= 0.3 is 0 Å². The van der Waals surface area contributed by atoms with Gasteiger partial charge in [0, 0.05) is 18.1 Å². The Morgan fingerprint density at radius 2 is 2.57 bits per heavy atom. The Bertz CT molecular complexity index is 99.9. The topological polar surface area (TPSA) is 67.3 Å². The number of hydrazine groups is 2. The van der Waals surface area contributed by atoms with E-state index < -0.39 is 0 Å². The van der Waals surface area contributed by atoms with Gasteiger partial charge in [0.25, 0.3) is 0 Å². The van der Waals surface area contributed by atoms with E-state index in [9.17, 15) is 0 Å². The normalized spacial score (nSPS) is 21.6. The molecule has 0 atom stereocenters. The molecular weight excluding hydrogens is 112 g/mol. The molecule has 0 saturated heterocycles. The maximum absolute atomic E-state index is 5.27. The third-order valence-electron chi connectivity index (χ3n) is 0.538. The fraction of sp³-hybridized carbons (Fsp3) is 0. The van der Waals surface area contributed by atoms with Crippen LogP contribution in [0, 0.1) is 0 Å². The minimum absolute atomic E-state index is 0.683. The molecule has 0 amide bonds. The standard InChI is InChI=1S/C2H6N4S/c3-2-1-5-6(4)7-2/h1,5H,3-4H2. The van der Waals surface area contributed by atoms with Gasteiger partial charge in [-0.05, 0) is 0 Å². The van der Waals surface area contributed by atoms with E-state index in [0.29, 0.717) is 5.03 Å². The number of hydrogen-bond donors (Lipinski definition) is 3. The van der Waals surface area contributed by atoms with E-state index in [1.54, 1.807) is 6.20 Å². The molecule has 5 N–H and O–H groups in total. The van der Waals surface area contributed by atoms with Gasteiger partial charge in [0.2, 0.25) is 0 Å². The van der Waals surface area contributed by atoms with Gasteiger partial charge in [-0.3, -0.25) is 0 Å². The first-order valence-corrected chi connectivity index (χ1v) is 2.51. The first-order valence-electron chi connectivity index (χ1n) is 1.73. The van der Waals surface area contributed by atoms with Gasteiger partial charge in [-0.2, -0.15) is 0 Å². The van der Waals surface area contributed by atoms with Crippen LogP contribution in [0.3, 0.4) is 0 Å². The molecule has 0 aromatic heterocycles. The van der Waals surface area contributed by atoms with Gasteiger partial charge in [0.15, 0.2) is 0 Å². The van der Waals surface area contributed by atoms with Crippen LogP contribution < -0.4 is 17.0 Å². The summed E-state index contributed by atoms with van der Waals surface area (Å²) in [5, 5.41) is 0.683. The Morgan fingerprint density at radius 1 is 1.86 bits per heavy atom. The van der Waals surface area contributed by atoms with Crippen LogP contribution in [-0.2, 0) is 0 Å². The lowest BCUT2D eigenvalue weighted by Gasteiger charge is -2.02. The van der Waals surface area contributed by atoms with Crippen LogP contribution in [0.1, 0.15) is 0 Å². The number of hydrogen-bond acceptors (Lipinski definition) is 5. The number of rotatable bonds is 0. The van der Waals surface area contributed by atoms with Crippen molar-refractivity contribution < 1.29 is 0 Å². The Balaban J connectivity index is 2.42. The van der Waals surface area contributed by atoms with E-state index in [1.165, 1.54) is 16.5 Å². The summed E-state index contributed by atoms with van der Waals surface area (Å²) < 4.78 is 1.33. The van der Waals surface area contributed by atoms with Gasteiger partial charge in [-0.1, -0.05) is 4.52 Å². The lowest BCUT2D eigenvalue weighted by atomic mass is 10.9. The molecule has 0 radical (unpaired) electrons. The Labute approximate surface area is 45.6 Å². The second-order valence-electron chi connectivity index (χ2n) is 1.09. The summed E-state index contributed by atoms with van der Waals surface area (Å²) in [5.74, 6) is 5.18. The van der Waals surface area contributed by atoms with Crippen LogP contribution in [-0.4, -0.2) is 4.52 Å². The summed E-state index contributed by atoms with van der Waals surface area (Å²) in [6.45, 7) is 0. The second-order valence-corrected chi connectivity index (χ2v) is 2.14. The molecule has 0 bridgehead atoms. The van der Waals surface area contributed by atoms with Crippen LogP contribution in [0.25, 0.3) is 0 Å². The lowest BCUT2D eigenvalue weighted by molar-refractivity contribution is 0.440. The molecule has 0 saturated carbocycles. The van der Waals surface area contributed by atoms with Crippen molar-refractivity contribution in [2.75, 3.05) is 0 Å². The first kappa shape index (κ1) is 4.76. The summed E-state index contributed by atoms with van der Waals surface area (Å²) in [4.78, 5) is 0. The zero-order chi connectivity index (χ0) is 5.28. The van der Waals surface area contributed by atoms with Crippen molar-refractivity contribution in [3.8, 4) is 0 Å². The van der Waals surface area contributed by atoms with Gasteiger partial charge < -0.3 is 11.2 Å². The molecule has 0 aliphatic carbocycles. The zero-order valence-electron chi connectivity index (χ0n) is 3.59. The van der Waals surface area contributed by atoms with Crippen molar-refractivity contribution in [2.24, 2.45) is 11.6 Å². The summed E-state index contributed by atoms with van der Waals surface area (Å²) in [7, 11) is 0. The monoisotopic (exact) mass is 118 g/mol. The van der Waals surface area contributed by atoms with Crippen molar-refractivity contribution in [3.05, 3.63) is 11.2 Å². The zero-order valence-corrected chi connectivity index (χ0v) is 4.40. The minimum atomic E-state index is 0.683. The second kappa shape index (κ2) is 1.61. The van der Waals surface area contributed by atoms with E-state index in [0.717, 1.165) is 0 Å².